The van der Waals surface area contributed by atoms with Crippen LogP contribution in [0.2, 0.25) is 0 Å². The van der Waals surface area contributed by atoms with E-state index >= 15 is 0 Å². The van der Waals surface area contributed by atoms with Crippen LogP contribution in [0.3, 0.4) is 0 Å². The quantitative estimate of drug-likeness (QED) is 0.891. The Balaban J connectivity index is 1.66. The van der Waals surface area contributed by atoms with Gasteiger partial charge in [0.05, 0.1) is 0 Å². The number of likely N-dealkylation sites (tertiary alicyclic amines) is 1. The van der Waals surface area contributed by atoms with E-state index in [1.54, 1.807) is 4.90 Å². The first-order chi connectivity index (χ1) is 12.0. The van der Waals surface area contributed by atoms with E-state index in [0.717, 1.165) is 17.0 Å². The Labute approximate surface area is 151 Å². The molecule has 1 aromatic carbocycles. The summed E-state index contributed by atoms with van der Waals surface area (Å²) in [4.78, 5) is 26.6. The highest BCUT2D eigenvalue weighted by Gasteiger charge is 2.34. The highest BCUT2D eigenvalue weighted by molar-refractivity contribution is 7.18. The van der Waals surface area contributed by atoms with Crippen molar-refractivity contribution < 1.29 is 9.59 Å². The molecule has 1 N–H and O–H groups in total. The molecule has 1 saturated heterocycles. The van der Waals surface area contributed by atoms with E-state index in [1.807, 2.05) is 44.2 Å². The summed E-state index contributed by atoms with van der Waals surface area (Å²) in [5.74, 6) is 0.161. The van der Waals surface area contributed by atoms with Crippen molar-refractivity contribution in [2.45, 2.75) is 39.2 Å². The van der Waals surface area contributed by atoms with Gasteiger partial charge in [-0.15, -0.1) is 10.2 Å². The van der Waals surface area contributed by atoms with Gasteiger partial charge in [-0.1, -0.05) is 55.5 Å². The fourth-order valence-corrected chi connectivity index (χ4v) is 3.72. The zero-order valence-electron chi connectivity index (χ0n) is 14.4. The van der Waals surface area contributed by atoms with Crippen molar-refractivity contribution in [2.24, 2.45) is 5.92 Å². The first kappa shape index (κ1) is 17.5. The Kier molecular flexibility index (Phi) is 5.43. The molecule has 1 aliphatic rings. The van der Waals surface area contributed by atoms with Crippen molar-refractivity contribution in [2.75, 3.05) is 11.9 Å². The van der Waals surface area contributed by atoms with Crippen molar-refractivity contribution in [1.82, 2.24) is 15.1 Å². The minimum Gasteiger partial charge on any atom is -0.331 e. The van der Waals surface area contributed by atoms with E-state index in [9.17, 15) is 9.59 Å². The third-order valence-corrected chi connectivity index (χ3v) is 5.02. The second kappa shape index (κ2) is 7.74. The lowest BCUT2D eigenvalue weighted by atomic mass is 10.1. The van der Waals surface area contributed by atoms with Crippen LogP contribution in [0.25, 0.3) is 10.6 Å². The maximum absolute atomic E-state index is 12.6. The topological polar surface area (TPSA) is 75.2 Å². The molecule has 2 amide bonds. The number of carbonyl (C=O) groups is 2. The number of rotatable bonds is 5. The van der Waals surface area contributed by atoms with Crippen molar-refractivity contribution in [1.29, 1.82) is 0 Å². The largest absolute Gasteiger partial charge is 0.331 e. The minimum atomic E-state index is -0.407. The normalized spacial score (nSPS) is 17.1. The molecule has 1 aliphatic heterocycles. The van der Waals surface area contributed by atoms with Gasteiger partial charge in [0.2, 0.25) is 16.9 Å². The monoisotopic (exact) mass is 358 g/mol. The summed E-state index contributed by atoms with van der Waals surface area (Å²) in [5.41, 5.74) is 0.968. The fourth-order valence-electron chi connectivity index (χ4n) is 2.96. The molecule has 2 aromatic rings. The molecule has 25 heavy (non-hydrogen) atoms. The number of aromatic nitrogens is 2. The molecule has 0 radical (unpaired) electrons. The summed E-state index contributed by atoms with van der Waals surface area (Å²) < 4.78 is 0. The molecule has 0 spiro atoms. The van der Waals surface area contributed by atoms with Crippen molar-refractivity contribution >= 4 is 28.3 Å². The van der Waals surface area contributed by atoms with Gasteiger partial charge >= 0.3 is 0 Å². The molecule has 1 fully saturated rings. The fraction of sp³-hybridized carbons (Fsp3) is 0.444. The Morgan fingerprint density at radius 1 is 1.28 bits per heavy atom. The van der Waals surface area contributed by atoms with Crippen LogP contribution in [-0.4, -0.2) is 39.5 Å². The first-order valence-electron chi connectivity index (χ1n) is 8.54. The zero-order chi connectivity index (χ0) is 17.8. The number of nitrogens with one attached hydrogen (secondary N) is 1. The third kappa shape index (κ3) is 4.22. The third-order valence-electron chi connectivity index (χ3n) is 4.13. The van der Waals surface area contributed by atoms with Crippen molar-refractivity contribution in [3.8, 4) is 10.6 Å². The van der Waals surface area contributed by atoms with Gasteiger partial charge in [-0.25, -0.2) is 0 Å². The van der Waals surface area contributed by atoms with Crippen molar-refractivity contribution in [3.05, 3.63) is 30.3 Å². The van der Waals surface area contributed by atoms with Crippen LogP contribution in [0.15, 0.2) is 30.3 Å². The summed E-state index contributed by atoms with van der Waals surface area (Å²) in [5, 5.41) is 12.2. The van der Waals surface area contributed by atoms with E-state index in [0.29, 0.717) is 24.5 Å². The number of amides is 2. The zero-order valence-corrected chi connectivity index (χ0v) is 15.3. The Bertz CT molecular complexity index is 745. The van der Waals surface area contributed by atoms with Crippen LogP contribution in [0.1, 0.15) is 33.1 Å². The average molecular weight is 358 g/mol. The lowest BCUT2D eigenvalue weighted by Gasteiger charge is -2.24. The molecule has 0 aliphatic carbocycles. The Hall–Kier alpha value is -2.28. The van der Waals surface area contributed by atoms with E-state index < -0.39 is 6.04 Å². The second-order valence-corrected chi connectivity index (χ2v) is 7.59. The standard InChI is InChI=1S/C18H22N4O2S/c1-12(2)11-15(23)22-10-6-9-14(22)16(24)19-18-21-20-17(25-18)13-7-4-3-5-8-13/h3-5,7-8,12,14H,6,9-11H2,1-2H3,(H,19,21,24). The highest BCUT2D eigenvalue weighted by atomic mass is 32.1. The molecule has 3 rings (SSSR count). The van der Waals surface area contributed by atoms with E-state index in [4.69, 9.17) is 0 Å². The molecule has 0 saturated carbocycles. The lowest BCUT2D eigenvalue weighted by Crippen LogP contribution is -2.43. The summed E-state index contributed by atoms with van der Waals surface area (Å²) in [6.07, 6.45) is 2.02. The number of benzene rings is 1. The summed E-state index contributed by atoms with van der Waals surface area (Å²) in [6.45, 7) is 4.67. The van der Waals surface area contributed by atoms with E-state index in [1.165, 1.54) is 11.3 Å². The van der Waals surface area contributed by atoms with Gasteiger partial charge in [-0.05, 0) is 18.8 Å². The maximum atomic E-state index is 12.6. The molecular formula is C18H22N4O2S. The van der Waals surface area contributed by atoms with Crippen LogP contribution >= 0.6 is 11.3 Å². The Morgan fingerprint density at radius 2 is 2.04 bits per heavy atom. The van der Waals surface area contributed by atoms with Gasteiger partial charge in [-0.3, -0.25) is 14.9 Å². The molecule has 1 atom stereocenters. The summed E-state index contributed by atoms with van der Waals surface area (Å²) in [6, 6.07) is 9.31. The predicted molar refractivity (Wildman–Crippen MR) is 98.2 cm³/mol. The van der Waals surface area contributed by atoms with Gasteiger partial charge < -0.3 is 4.90 Å². The lowest BCUT2D eigenvalue weighted by molar-refractivity contribution is -0.137. The van der Waals surface area contributed by atoms with Crippen LogP contribution in [0, 0.1) is 5.92 Å². The number of hydrogen-bond acceptors (Lipinski definition) is 5. The van der Waals surface area contributed by atoms with Gasteiger partial charge in [-0.2, -0.15) is 0 Å². The second-order valence-electron chi connectivity index (χ2n) is 6.61. The van der Waals surface area contributed by atoms with E-state index in [-0.39, 0.29) is 17.7 Å². The molecular weight excluding hydrogens is 336 g/mol. The minimum absolute atomic E-state index is 0.0508. The van der Waals surface area contributed by atoms with Crippen LogP contribution in [-0.2, 0) is 9.59 Å². The predicted octanol–water partition coefficient (Wildman–Crippen LogP) is 3.18. The highest BCUT2D eigenvalue weighted by Crippen LogP contribution is 2.27. The number of nitrogens with zero attached hydrogens (tertiary/aromatic N) is 3. The molecule has 132 valence electrons. The number of carbonyl (C=O) groups excluding carboxylic acids is 2. The molecule has 1 unspecified atom stereocenters. The van der Waals surface area contributed by atoms with Crippen LogP contribution in [0.4, 0.5) is 5.13 Å². The van der Waals surface area contributed by atoms with Gasteiger partial charge in [0.1, 0.15) is 11.0 Å². The average Bonchev–Trinajstić information content (AvgIpc) is 3.24. The van der Waals surface area contributed by atoms with Crippen molar-refractivity contribution in [3.63, 3.8) is 0 Å². The van der Waals surface area contributed by atoms with Gasteiger partial charge in [0.15, 0.2) is 0 Å². The number of hydrogen-bond donors (Lipinski definition) is 1. The maximum Gasteiger partial charge on any atom is 0.249 e. The van der Waals surface area contributed by atoms with Crippen LogP contribution in [0.5, 0.6) is 0 Å². The molecule has 2 heterocycles. The molecule has 6 nitrogen and oxygen atoms in total. The Morgan fingerprint density at radius 3 is 2.76 bits per heavy atom. The van der Waals surface area contributed by atoms with Gasteiger partial charge in [0.25, 0.3) is 0 Å². The van der Waals surface area contributed by atoms with Gasteiger partial charge in [0, 0.05) is 18.5 Å². The smallest absolute Gasteiger partial charge is 0.249 e. The molecule has 0 bridgehead atoms. The summed E-state index contributed by atoms with van der Waals surface area (Å²) >= 11 is 1.34. The number of anilines is 1. The SMILES string of the molecule is CC(C)CC(=O)N1CCCC1C(=O)Nc1nnc(-c2ccccc2)s1. The first-order valence-corrected chi connectivity index (χ1v) is 9.35. The molecule has 1 aromatic heterocycles. The summed E-state index contributed by atoms with van der Waals surface area (Å²) in [7, 11) is 0. The van der Waals surface area contributed by atoms with E-state index in [2.05, 4.69) is 15.5 Å². The molecule has 7 heteroatoms. The van der Waals surface area contributed by atoms with Crippen LogP contribution < -0.4 is 5.32 Å².